The highest BCUT2D eigenvalue weighted by atomic mass is 35.5. The maximum atomic E-state index is 13.2. The largest absolute Gasteiger partial charge is 0.392 e. The molecule has 0 aliphatic carbocycles. The van der Waals surface area contributed by atoms with Crippen molar-refractivity contribution in [2.75, 3.05) is 6.26 Å². The monoisotopic (exact) mass is 238 g/mol. The molecule has 0 atom stereocenters. The Morgan fingerprint density at radius 2 is 2.07 bits per heavy atom. The molecule has 0 saturated carbocycles. The van der Waals surface area contributed by atoms with E-state index in [0.717, 1.165) is 12.3 Å². The number of halogens is 2. The summed E-state index contributed by atoms with van der Waals surface area (Å²) in [5.74, 6) is -0.941. The number of aliphatic hydroxyl groups is 1. The zero-order valence-electron chi connectivity index (χ0n) is 7.29. The van der Waals surface area contributed by atoms with E-state index in [-0.39, 0.29) is 17.2 Å². The Balaban J connectivity index is 3.48. The second-order valence-electron chi connectivity index (χ2n) is 2.82. The van der Waals surface area contributed by atoms with E-state index in [1.54, 1.807) is 0 Å². The second kappa shape index (κ2) is 3.84. The molecule has 1 aromatic rings. The van der Waals surface area contributed by atoms with Crippen molar-refractivity contribution < 1.29 is 17.9 Å². The fraction of sp³-hybridized carbons (Fsp3) is 0.250. The van der Waals surface area contributed by atoms with Crippen molar-refractivity contribution in [2.24, 2.45) is 0 Å². The first kappa shape index (κ1) is 11.4. The highest BCUT2D eigenvalue weighted by molar-refractivity contribution is 7.90. The van der Waals surface area contributed by atoms with E-state index in [4.69, 9.17) is 16.7 Å². The highest BCUT2D eigenvalue weighted by Crippen LogP contribution is 2.26. The van der Waals surface area contributed by atoms with Crippen molar-refractivity contribution in [2.45, 2.75) is 11.5 Å². The van der Waals surface area contributed by atoms with E-state index < -0.39 is 20.5 Å². The molecule has 0 bridgehead atoms. The summed E-state index contributed by atoms with van der Waals surface area (Å²) in [7, 11) is -3.68. The van der Waals surface area contributed by atoms with Crippen LogP contribution in [-0.2, 0) is 16.4 Å². The van der Waals surface area contributed by atoms with Gasteiger partial charge in [-0.3, -0.25) is 0 Å². The maximum absolute atomic E-state index is 13.2. The highest BCUT2D eigenvalue weighted by Gasteiger charge is 2.18. The minimum absolute atomic E-state index is 0.212. The molecule has 3 nitrogen and oxygen atoms in total. The van der Waals surface area contributed by atoms with Crippen molar-refractivity contribution in [1.29, 1.82) is 0 Å². The Bertz CT molecular complexity index is 433. The maximum Gasteiger partial charge on any atom is 0.179 e. The third kappa shape index (κ3) is 2.23. The van der Waals surface area contributed by atoms with E-state index in [0.29, 0.717) is 0 Å². The van der Waals surface area contributed by atoms with Gasteiger partial charge in [0.05, 0.1) is 11.6 Å². The van der Waals surface area contributed by atoms with Gasteiger partial charge in [-0.2, -0.15) is 0 Å². The normalized spacial score (nSPS) is 11.7. The molecule has 78 valence electrons. The molecule has 1 aromatic carbocycles. The van der Waals surface area contributed by atoms with Gasteiger partial charge in [-0.05, 0) is 17.7 Å². The van der Waals surface area contributed by atoms with Crippen LogP contribution in [-0.4, -0.2) is 19.8 Å². The summed E-state index contributed by atoms with van der Waals surface area (Å²) in [6.45, 7) is -0.388. The van der Waals surface area contributed by atoms with Gasteiger partial charge >= 0.3 is 0 Å². The summed E-state index contributed by atoms with van der Waals surface area (Å²) < 4.78 is 35.4. The smallest absolute Gasteiger partial charge is 0.179 e. The Morgan fingerprint density at radius 3 is 2.43 bits per heavy atom. The molecule has 0 fully saturated rings. The zero-order valence-corrected chi connectivity index (χ0v) is 8.86. The molecule has 6 heteroatoms. The SMILES string of the molecule is CS(=O)(=O)c1c(F)cc(CO)cc1Cl. The molecular weight excluding hydrogens is 231 g/mol. The van der Waals surface area contributed by atoms with Crippen molar-refractivity contribution in [3.8, 4) is 0 Å². The Labute approximate surface area is 86.0 Å². The molecule has 0 saturated heterocycles. The second-order valence-corrected chi connectivity index (χ2v) is 5.18. The molecule has 0 aliphatic heterocycles. The van der Waals surface area contributed by atoms with Crippen molar-refractivity contribution in [1.82, 2.24) is 0 Å². The molecule has 0 heterocycles. The molecule has 1 N–H and O–H groups in total. The Morgan fingerprint density at radius 1 is 1.50 bits per heavy atom. The van der Waals surface area contributed by atoms with Crippen LogP contribution in [0.3, 0.4) is 0 Å². The van der Waals surface area contributed by atoms with Crippen LogP contribution in [0.4, 0.5) is 4.39 Å². The molecule has 0 aromatic heterocycles. The molecule has 0 aliphatic rings. The van der Waals surface area contributed by atoms with Crippen LogP contribution in [0.5, 0.6) is 0 Å². The average molecular weight is 239 g/mol. The number of hydrogen-bond acceptors (Lipinski definition) is 3. The molecular formula is C8H8ClFO3S. The molecule has 0 amide bonds. The molecule has 14 heavy (non-hydrogen) atoms. The lowest BCUT2D eigenvalue weighted by atomic mass is 10.2. The molecule has 0 radical (unpaired) electrons. The molecule has 0 spiro atoms. The summed E-state index contributed by atoms with van der Waals surface area (Å²) >= 11 is 5.57. The van der Waals surface area contributed by atoms with Crippen LogP contribution in [0.1, 0.15) is 5.56 Å². The number of benzene rings is 1. The van der Waals surface area contributed by atoms with Gasteiger partial charge in [0.25, 0.3) is 0 Å². The number of aliphatic hydroxyl groups excluding tert-OH is 1. The minimum atomic E-state index is -3.68. The van der Waals surface area contributed by atoms with Crippen LogP contribution in [0.2, 0.25) is 5.02 Å². The van der Waals surface area contributed by atoms with Gasteiger partial charge in [-0.25, -0.2) is 12.8 Å². The zero-order chi connectivity index (χ0) is 10.9. The van der Waals surface area contributed by atoms with E-state index in [2.05, 4.69) is 0 Å². The Kier molecular flexibility index (Phi) is 3.14. The van der Waals surface area contributed by atoms with E-state index in [1.807, 2.05) is 0 Å². The van der Waals surface area contributed by atoms with E-state index in [1.165, 1.54) is 6.07 Å². The van der Waals surface area contributed by atoms with Crippen LogP contribution < -0.4 is 0 Å². The van der Waals surface area contributed by atoms with Crippen LogP contribution in [0.15, 0.2) is 17.0 Å². The van der Waals surface area contributed by atoms with Crippen LogP contribution in [0.25, 0.3) is 0 Å². The standard InChI is InChI=1S/C8H8ClFO3S/c1-14(12,13)8-6(9)2-5(4-11)3-7(8)10/h2-3,11H,4H2,1H3. The summed E-state index contributed by atoms with van der Waals surface area (Å²) in [5, 5.41) is 8.49. The average Bonchev–Trinajstić information content (AvgIpc) is 1.99. The van der Waals surface area contributed by atoms with Gasteiger partial charge < -0.3 is 5.11 Å². The summed E-state index contributed by atoms with van der Waals surface area (Å²) in [4.78, 5) is -0.531. The topological polar surface area (TPSA) is 54.4 Å². The van der Waals surface area contributed by atoms with Gasteiger partial charge in [-0.1, -0.05) is 11.6 Å². The lowest BCUT2D eigenvalue weighted by molar-refractivity contribution is 0.281. The first-order chi connectivity index (χ1) is 6.36. The van der Waals surface area contributed by atoms with Crippen LogP contribution in [0, 0.1) is 5.82 Å². The minimum Gasteiger partial charge on any atom is -0.392 e. The fourth-order valence-corrected chi connectivity index (χ4v) is 2.54. The number of sulfone groups is 1. The summed E-state index contributed by atoms with van der Waals surface area (Å²) in [6.07, 6.45) is 0.871. The predicted octanol–water partition coefficient (Wildman–Crippen LogP) is 1.37. The van der Waals surface area contributed by atoms with Gasteiger partial charge in [0.15, 0.2) is 9.84 Å². The molecule has 1 rings (SSSR count). The first-order valence-corrected chi connectivity index (χ1v) is 5.92. The van der Waals surface area contributed by atoms with Gasteiger partial charge in [0.2, 0.25) is 0 Å². The Hall–Kier alpha value is -0.650. The first-order valence-electron chi connectivity index (χ1n) is 3.65. The van der Waals surface area contributed by atoms with Crippen molar-refractivity contribution in [3.05, 3.63) is 28.5 Å². The third-order valence-electron chi connectivity index (χ3n) is 1.61. The van der Waals surface area contributed by atoms with Gasteiger partial charge in [0.1, 0.15) is 10.7 Å². The number of rotatable bonds is 2. The van der Waals surface area contributed by atoms with Gasteiger partial charge in [0, 0.05) is 6.26 Å². The summed E-state index contributed by atoms with van der Waals surface area (Å²) in [5.41, 5.74) is 0.236. The quantitative estimate of drug-likeness (QED) is 0.847. The molecule has 0 unspecified atom stereocenters. The summed E-state index contributed by atoms with van der Waals surface area (Å²) in [6, 6.07) is 2.17. The third-order valence-corrected chi connectivity index (χ3v) is 3.18. The van der Waals surface area contributed by atoms with E-state index >= 15 is 0 Å². The number of hydrogen-bond donors (Lipinski definition) is 1. The van der Waals surface area contributed by atoms with Crippen molar-refractivity contribution >= 4 is 21.4 Å². The fourth-order valence-electron chi connectivity index (χ4n) is 1.06. The predicted molar refractivity (Wildman–Crippen MR) is 50.4 cm³/mol. The van der Waals surface area contributed by atoms with Gasteiger partial charge in [-0.15, -0.1) is 0 Å². The lowest BCUT2D eigenvalue weighted by Crippen LogP contribution is -2.03. The van der Waals surface area contributed by atoms with Crippen molar-refractivity contribution in [3.63, 3.8) is 0 Å². The lowest BCUT2D eigenvalue weighted by Gasteiger charge is -2.05. The van der Waals surface area contributed by atoms with Crippen LogP contribution >= 0.6 is 11.6 Å². The van der Waals surface area contributed by atoms with E-state index in [9.17, 15) is 12.8 Å².